The average molecular weight is 388 g/mol. The van der Waals surface area contributed by atoms with Gasteiger partial charge in [0.15, 0.2) is 0 Å². The van der Waals surface area contributed by atoms with E-state index in [1.807, 2.05) is 16.4 Å². The van der Waals surface area contributed by atoms with Crippen LogP contribution in [0.2, 0.25) is 0 Å². The lowest BCUT2D eigenvalue weighted by molar-refractivity contribution is 0.00773. The highest BCUT2D eigenvalue weighted by atomic mass is 16.5. The molecule has 1 amide bonds. The van der Waals surface area contributed by atoms with Gasteiger partial charge in [-0.1, -0.05) is 6.92 Å². The van der Waals surface area contributed by atoms with Gasteiger partial charge in [-0.05, 0) is 38.2 Å². The molecule has 2 atom stereocenters. The van der Waals surface area contributed by atoms with Gasteiger partial charge in [-0.2, -0.15) is 0 Å². The molecule has 28 heavy (non-hydrogen) atoms. The highest BCUT2D eigenvalue weighted by molar-refractivity contribution is 5.98. The summed E-state index contributed by atoms with van der Waals surface area (Å²) in [5, 5.41) is 0.417. The van der Waals surface area contributed by atoms with Crippen molar-refractivity contribution in [1.82, 2.24) is 18.6 Å². The van der Waals surface area contributed by atoms with E-state index in [0.29, 0.717) is 23.3 Å². The Balaban J connectivity index is 1.85. The summed E-state index contributed by atoms with van der Waals surface area (Å²) in [6.45, 7) is 2.60. The number of nitrogens with zero attached hydrogens (tertiary/aromatic N) is 4. The standard InChI is InChI=1S/C20H28N4O4/c1-5-8-23-16(11-15-17(23)21(2)20(27)22(3)18(15)25)19(26)24-12-6-7-13(24)10-14(9-12)28-4/h11-14H,5-10H2,1-4H3. The Morgan fingerprint density at radius 1 is 1.14 bits per heavy atom. The number of hydrogen-bond acceptors (Lipinski definition) is 4. The fourth-order valence-electron chi connectivity index (χ4n) is 5.05. The Morgan fingerprint density at radius 2 is 1.79 bits per heavy atom. The second-order valence-electron chi connectivity index (χ2n) is 8.05. The summed E-state index contributed by atoms with van der Waals surface area (Å²) in [5.41, 5.74) is 0.288. The lowest BCUT2D eigenvalue weighted by atomic mass is 9.99. The van der Waals surface area contributed by atoms with Gasteiger partial charge in [0.2, 0.25) is 0 Å². The fourth-order valence-corrected chi connectivity index (χ4v) is 5.05. The zero-order chi connectivity index (χ0) is 20.2. The zero-order valence-electron chi connectivity index (χ0n) is 17.0. The second kappa shape index (κ2) is 6.92. The number of hydrogen-bond donors (Lipinski definition) is 0. The third kappa shape index (κ3) is 2.65. The van der Waals surface area contributed by atoms with Gasteiger partial charge in [-0.25, -0.2) is 4.79 Å². The molecule has 2 saturated heterocycles. The smallest absolute Gasteiger partial charge is 0.332 e. The topological polar surface area (TPSA) is 78.5 Å². The van der Waals surface area contributed by atoms with Gasteiger partial charge in [-0.3, -0.25) is 18.7 Å². The van der Waals surface area contributed by atoms with Crippen molar-refractivity contribution in [2.75, 3.05) is 7.11 Å². The van der Waals surface area contributed by atoms with E-state index >= 15 is 0 Å². The molecular formula is C20H28N4O4. The van der Waals surface area contributed by atoms with Crippen LogP contribution < -0.4 is 11.2 Å². The van der Waals surface area contributed by atoms with E-state index in [1.165, 1.54) is 11.6 Å². The van der Waals surface area contributed by atoms with Crippen LogP contribution in [0.4, 0.5) is 0 Å². The summed E-state index contributed by atoms with van der Waals surface area (Å²) in [7, 11) is 4.85. The Hall–Kier alpha value is -2.35. The summed E-state index contributed by atoms with van der Waals surface area (Å²) in [6, 6.07) is 2.03. The van der Waals surface area contributed by atoms with Crippen LogP contribution >= 0.6 is 0 Å². The van der Waals surface area contributed by atoms with E-state index in [9.17, 15) is 14.4 Å². The summed E-state index contributed by atoms with van der Waals surface area (Å²) < 4.78 is 9.96. The number of amides is 1. The molecule has 2 unspecified atom stereocenters. The molecule has 0 aliphatic carbocycles. The Kier molecular flexibility index (Phi) is 4.69. The van der Waals surface area contributed by atoms with Gasteiger partial charge >= 0.3 is 5.69 Å². The Bertz CT molecular complexity index is 1030. The lowest BCUT2D eigenvalue weighted by Crippen LogP contribution is -2.48. The van der Waals surface area contributed by atoms with Gasteiger partial charge in [0, 0.05) is 39.8 Å². The molecule has 2 fully saturated rings. The highest BCUT2D eigenvalue weighted by Crippen LogP contribution is 2.38. The van der Waals surface area contributed by atoms with Crippen molar-refractivity contribution in [2.24, 2.45) is 14.1 Å². The van der Waals surface area contributed by atoms with E-state index in [0.717, 1.165) is 36.7 Å². The number of rotatable bonds is 4. The molecule has 0 spiro atoms. The number of ether oxygens (including phenoxy) is 1. The van der Waals surface area contributed by atoms with Gasteiger partial charge in [-0.15, -0.1) is 0 Å². The minimum absolute atomic E-state index is 0.0406. The van der Waals surface area contributed by atoms with Crippen LogP contribution in [-0.4, -0.2) is 49.8 Å². The number of methoxy groups -OCH3 is 1. The quantitative estimate of drug-likeness (QED) is 0.789. The minimum Gasteiger partial charge on any atom is -0.381 e. The van der Waals surface area contributed by atoms with E-state index in [-0.39, 0.29) is 35.3 Å². The highest BCUT2D eigenvalue weighted by Gasteiger charge is 2.44. The number of aromatic nitrogens is 3. The first kappa shape index (κ1) is 19.0. The van der Waals surface area contributed by atoms with Gasteiger partial charge in [0.1, 0.15) is 11.3 Å². The molecule has 2 aliphatic heterocycles. The predicted octanol–water partition coefficient (Wildman–Crippen LogP) is 1.23. The van der Waals surface area contributed by atoms with Crippen molar-refractivity contribution < 1.29 is 9.53 Å². The lowest BCUT2D eigenvalue weighted by Gasteiger charge is -2.38. The Morgan fingerprint density at radius 3 is 2.36 bits per heavy atom. The second-order valence-corrected chi connectivity index (χ2v) is 8.05. The van der Waals surface area contributed by atoms with Gasteiger partial charge in [0.25, 0.3) is 11.5 Å². The molecule has 4 rings (SSSR count). The van der Waals surface area contributed by atoms with E-state index < -0.39 is 0 Å². The van der Waals surface area contributed by atoms with Crippen molar-refractivity contribution >= 4 is 16.9 Å². The Labute approximate surface area is 163 Å². The van der Waals surface area contributed by atoms with Crippen molar-refractivity contribution in [3.63, 3.8) is 0 Å². The molecule has 0 radical (unpaired) electrons. The third-order valence-electron chi connectivity index (χ3n) is 6.42. The molecule has 0 N–H and O–H groups in total. The molecule has 0 saturated carbocycles. The first-order chi connectivity index (χ1) is 13.4. The third-order valence-corrected chi connectivity index (χ3v) is 6.42. The average Bonchev–Trinajstić information content (AvgIpc) is 3.19. The van der Waals surface area contributed by atoms with Crippen LogP contribution in [0.25, 0.3) is 11.0 Å². The normalized spacial score (nSPS) is 24.3. The SMILES string of the molecule is CCCn1c(C(=O)N2C3CCC2CC(OC)C3)cc2c(=O)n(C)c(=O)n(C)c21. The summed E-state index contributed by atoms with van der Waals surface area (Å²) in [4.78, 5) is 40.7. The van der Waals surface area contributed by atoms with Gasteiger partial charge < -0.3 is 14.2 Å². The number of fused-ring (bicyclic) bond motifs is 3. The van der Waals surface area contributed by atoms with Crippen LogP contribution in [0.15, 0.2) is 15.7 Å². The van der Waals surface area contributed by atoms with Crippen molar-refractivity contribution in [3.8, 4) is 0 Å². The maximum absolute atomic E-state index is 13.6. The summed E-state index contributed by atoms with van der Waals surface area (Å²) in [6.07, 6.45) is 4.69. The molecule has 4 heterocycles. The molecule has 2 aliphatic rings. The van der Waals surface area contributed by atoms with Crippen molar-refractivity contribution in [3.05, 3.63) is 32.6 Å². The zero-order valence-corrected chi connectivity index (χ0v) is 17.0. The number of carbonyl (C=O) groups excluding carboxylic acids is 1. The predicted molar refractivity (Wildman–Crippen MR) is 106 cm³/mol. The molecule has 8 heteroatoms. The largest absolute Gasteiger partial charge is 0.381 e. The van der Waals surface area contributed by atoms with E-state index in [2.05, 4.69) is 0 Å². The first-order valence-electron chi connectivity index (χ1n) is 10.0. The van der Waals surface area contributed by atoms with Crippen molar-refractivity contribution in [2.45, 2.75) is 63.8 Å². The maximum atomic E-state index is 13.6. The molecular weight excluding hydrogens is 360 g/mol. The first-order valence-corrected chi connectivity index (χ1v) is 10.0. The van der Waals surface area contributed by atoms with Gasteiger partial charge in [0.05, 0.1) is 11.5 Å². The minimum atomic E-state index is -0.382. The molecule has 152 valence electrons. The molecule has 2 aromatic heterocycles. The summed E-state index contributed by atoms with van der Waals surface area (Å²) in [5.74, 6) is -0.0406. The van der Waals surface area contributed by atoms with E-state index in [1.54, 1.807) is 20.2 Å². The van der Waals surface area contributed by atoms with Crippen molar-refractivity contribution in [1.29, 1.82) is 0 Å². The monoisotopic (exact) mass is 388 g/mol. The fraction of sp³-hybridized carbons (Fsp3) is 0.650. The maximum Gasteiger partial charge on any atom is 0.332 e. The van der Waals surface area contributed by atoms with Crippen LogP contribution in [0.3, 0.4) is 0 Å². The van der Waals surface area contributed by atoms with E-state index in [4.69, 9.17) is 4.74 Å². The molecule has 2 aromatic rings. The molecule has 2 bridgehead atoms. The van der Waals surface area contributed by atoms with Crippen LogP contribution in [0, 0.1) is 0 Å². The number of aryl methyl sites for hydroxylation is 2. The van der Waals surface area contributed by atoms with Crippen LogP contribution in [-0.2, 0) is 25.4 Å². The van der Waals surface area contributed by atoms with Crippen LogP contribution in [0.5, 0.6) is 0 Å². The number of carbonyl (C=O) groups is 1. The molecule has 0 aromatic carbocycles. The molecule has 8 nitrogen and oxygen atoms in total. The van der Waals surface area contributed by atoms with Crippen LogP contribution in [0.1, 0.15) is 49.5 Å². The number of piperidine rings is 1. The summed E-state index contributed by atoms with van der Waals surface area (Å²) >= 11 is 0.